The number of hydrogen-bond acceptors (Lipinski definition) is 5. The molecule has 0 fully saturated rings. The van der Waals surface area contributed by atoms with Crippen molar-refractivity contribution in [2.45, 2.75) is 39.7 Å². The van der Waals surface area contributed by atoms with E-state index in [0.717, 1.165) is 6.42 Å². The third-order valence-electron chi connectivity index (χ3n) is 3.33. The highest BCUT2D eigenvalue weighted by atomic mass is 16.6. The summed E-state index contributed by atoms with van der Waals surface area (Å²) in [5.41, 5.74) is 0.0913. The van der Waals surface area contributed by atoms with Crippen molar-refractivity contribution < 1.29 is 19.2 Å². The first-order chi connectivity index (χ1) is 10.2. The predicted octanol–water partition coefficient (Wildman–Crippen LogP) is 2.36. The third-order valence-corrected chi connectivity index (χ3v) is 3.33. The van der Waals surface area contributed by atoms with Crippen molar-refractivity contribution in [1.29, 1.82) is 0 Å². The molecule has 0 heterocycles. The van der Waals surface area contributed by atoms with E-state index in [1.54, 1.807) is 0 Å². The normalized spacial score (nSPS) is 10.9. The minimum Gasteiger partial charge on any atom is -0.452 e. The molecule has 0 unspecified atom stereocenters. The molecule has 0 radical (unpaired) electrons. The second kappa shape index (κ2) is 7.02. The number of amides is 1. The minimum atomic E-state index is -0.692. The Bertz CT molecular complexity index is 596. The number of carbonyl (C=O) groups excluding carboxylic acids is 2. The Hall–Kier alpha value is -2.44. The molecular formula is C15H20N2O5. The Labute approximate surface area is 128 Å². The van der Waals surface area contributed by atoms with Crippen LogP contribution in [0.15, 0.2) is 18.2 Å². The topological polar surface area (TPSA) is 98.5 Å². The van der Waals surface area contributed by atoms with Crippen molar-refractivity contribution in [3.63, 3.8) is 0 Å². The van der Waals surface area contributed by atoms with Crippen LogP contribution in [0.5, 0.6) is 0 Å². The van der Waals surface area contributed by atoms with Gasteiger partial charge in [0, 0.05) is 17.2 Å². The van der Waals surface area contributed by atoms with Crippen LogP contribution >= 0.6 is 0 Å². The first-order valence-electron chi connectivity index (χ1n) is 6.89. The smallest absolute Gasteiger partial charge is 0.338 e. The van der Waals surface area contributed by atoms with Crippen molar-refractivity contribution >= 4 is 17.6 Å². The molecule has 22 heavy (non-hydrogen) atoms. The number of nitrogens with zero attached hydrogens (tertiary/aromatic N) is 1. The average Bonchev–Trinajstić information content (AvgIpc) is 2.43. The molecule has 0 saturated heterocycles. The predicted molar refractivity (Wildman–Crippen MR) is 80.6 cm³/mol. The van der Waals surface area contributed by atoms with Crippen LogP contribution < -0.4 is 5.32 Å². The van der Waals surface area contributed by atoms with Crippen LogP contribution in [0.1, 0.15) is 43.1 Å². The van der Waals surface area contributed by atoms with E-state index >= 15 is 0 Å². The molecule has 1 amide bonds. The van der Waals surface area contributed by atoms with Gasteiger partial charge < -0.3 is 10.1 Å². The highest BCUT2D eigenvalue weighted by Gasteiger charge is 2.19. The lowest BCUT2D eigenvalue weighted by molar-refractivity contribution is -0.385. The van der Waals surface area contributed by atoms with E-state index in [9.17, 15) is 19.7 Å². The zero-order valence-electron chi connectivity index (χ0n) is 13.1. The summed E-state index contributed by atoms with van der Waals surface area (Å²) in [7, 11) is 0. The lowest BCUT2D eigenvalue weighted by Crippen LogP contribution is -2.44. The number of rotatable bonds is 6. The van der Waals surface area contributed by atoms with E-state index in [1.807, 2.05) is 20.8 Å². The zero-order valence-corrected chi connectivity index (χ0v) is 13.1. The number of benzene rings is 1. The van der Waals surface area contributed by atoms with E-state index in [1.165, 1.54) is 25.1 Å². The molecule has 1 N–H and O–H groups in total. The van der Waals surface area contributed by atoms with Crippen LogP contribution in [0.25, 0.3) is 0 Å². The van der Waals surface area contributed by atoms with Gasteiger partial charge in [0.15, 0.2) is 6.61 Å². The third kappa shape index (κ3) is 4.83. The number of nitro groups is 1. The number of esters is 1. The standard InChI is InChI=1S/C15H20N2O5/c1-5-15(3,4)16-13(18)9-22-14(19)11-6-7-12(17(20)21)10(2)8-11/h6-8H,5,9H2,1-4H3,(H,16,18). The maximum atomic E-state index is 11.8. The number of hydrogen-bond donors (Lipinski definition) is 1. The average molecular weight is 308 g/mol. The zero-order chi connectivity index (χ0) is 16.9. The lowest BCUT2D eigenvalue weighted by atomic mass is 10.0. The summed E-state index contributed by atoms with van der Waals surface area (Å²) in [6.45, 7) is 6.81. The molecule has 1 aromatic rings. The van der Waals surface area contributed by atoms with Crippen LogP contribution in [0, 0.1) is 17.0 Å². The van der Waals surface area contributed by atoms with Crippen molar-refractivity contribution in [3.8, 4) is 0 Å². The summed E-state index contributed by atoms with van der Waals surface area (Å²) < 4.78 is 4.91. The number of aryl methyl sites for hydroxylation is 1. The van der Waals surface area contributed by atoms with Crippen molar-refractivity contribution in [2.24, 2.45) is 0 Å². The van der Waals surface area contributed by atoms with E-state index in [4.69, 9.17) is 4.74 Å². The molecule has 0 aliphatic carbocycles. The van der Waals surface area contributed by atoms with Gasteiger partial charge in [-0.2, -0.15) is 0 Å². The summed E-state index contributed by atoms with van der Waals surface area (Å²) >= 11 is 0. The van der Waals surface area contributed by atoms with Crippen molar-refractivity contribution in [3.05, 3.63) is 39.4 Å². The minimum absolute atomic E-state index is 0.0704. The summed E-state index contributed by atoms with van der Waals surface area (Å²) in [5, 5.41) is 13.5. The molecule has 0 bridgehead atoms. The molecule has 0 aliphatic rings. The fourth-order valence-corrected chi connectivity index (χ4v) is 1.70. The summed E-state index contributed by atoms with van der Waals surface area (Å²) in [6.07, 6.45) is 0.744. The molecule has 120 valence electrons. The number of ether oxygens (including phenoxy) is 1. The van der Waals surface area contributed by atoms with E-state index < -0.39 is 17.5 Å². The van der Waals surface area contributed by atoms with Gasteiger partial charge in [-0.3, -0.25) is 14.9 Å². The molecule has 7 heteroatoms. The van der Waals surface area contributed by atoms with Gasteiger partial charge in [0.1, 0.15) is 0 Å². The van der Waals surface area contributed by atoms with Crippen LogP contribution in [0.3, 0.4) is 0 Å². The van der Waals surface area contributed by atoms with Gasteiger partial charge in [-0.05, 0) is 39.3 Å². The Morgan fingerprint density at radius 1 is 1.36 bits per heavy atom. The van der Waals surface area contributed by atoms with Crippen LogP contribution in [0.2, 0.25) is 0 Å². The Balaban J connectivity index is 2.65. The number of nitrogens with one attached hydrogen (secondary N) is 1. The van der Waals surface area contributed by atoms with Gasteiger partial charge in [-0.1, -0.05) is 6.92 Å². The highest BCUT2D eigenvalue weighted by Crippen LogP contribution is 2.19. The first-order valence-corrected chi connectivity index (χ1v) is 6.89. The van der Waals surface area contributed by atoms with Crippen LogP contribution in [-0.4, -0.2) is 28.9 Å². The number of nitro benzene ring substituents is 1. The molecule has 0 aromatic heterocycles. The Morgan fingerprint density at radius 3 is 2.50 bits per heavy atom. The molecule has 7 nitrogen and oxygen atoms in total. The second-order valence-corrected chi connectivity index (χ2v) is 5.62. The second-order valence-electron chi connectivity index (χ2n) is 5.62. The van der Waals surface area contributed by atoms with Gasteiger partial charge in [0.25, 0.3) is 11.6 Å². The molecule has 1 aromatic carbocycles. The quantitative estimate of drug-likeness (QED) is 0.494. The highest BCUT2D eigenvalue weighted by molar-refractivity contribution is 5.91. The van der Waals surface area contributed by atoms with Crippen molar-refractivity contribution in [2.75, 3.05) is 6.61 Å². The lowest BCUT2D eigenvalue weighted by Gasteiger charge is -2.24. The summed E-state index contributed by atoms with van der Waals surface area (Å²) in [4.78, 5) is 33.7. The molecule has 0 aliphatic heterocycles. The Kier molecular flexibility index (Phi) is 5.62. The fraction of sp³-hybridized carbons (Fsp3) is 0.467. The van der Waals surface area contributed by atoms with E-state index in [-0.39, 0.29) is 22.7 Å². The Morgan fingerprint density at radius 2 is 2.00 bits per heavy atom. The fourth-order valence-electron chi connectivity index (χ4n) is 1.70. The first kappa shape index (κ1) is 17.6. The van der Waals surface area contributed by atoms with Gasteiger partial charge in [0.2, 0.25) is 0 Å². The van der Waals surface area contributed by atoms with Crippen LogP contribution in [-0.2, 0) is 9.53 Å². The van der Waals surface area contributed by atoms with E-state index in [0.29, 0.717) is 5.56 Å². The van der Waals surface area contributed by atoms with Gasteiger partial charge in [-0.25, -0.2) is 4.79 Å². The molecular weight excluding hydrogens is 288 g/mol. The van der Waals surface area contributed by atoms with E-state index in [2.05, 4.69) is 5.32 Å². The number of carbonyl (C=O) groups is 2. The van der Waals surface area contributed by atoms with Crippen molar-refractivity contribution in [1.82, 2.24) is 5.32 Å². The molecule has 0 atom stereocenters. The molecule has 0 spiro atoms. The largest absolute Gasteiger partial charge is 0.452 e. The van der Waals surface area contributed by atoms with Crippen LogP contribution in [0.4, 0.5) is 5.69 Å². The van der Waals surface area contributed by atoms with Gasteiger partial charge in [-0.15, -0.1) is 0 Å². The van der Waals surface area contributed by atoms with Gasteiger partial charge >= 0.3 is 5.97 Å². The van der Waals surface area contributed by atoms with Gasteiger partial charge in [0.05, 0.1) is 10.5 Å². The molecule has 0 saturated carbocycles. The summed E-state index contributed by atoms with van der Waals surface area (Å²) in [6, 6.07) is 3.92. The maximum absolute atomic E-state index is 11.8. The SMILES string of the molecule is CCC(C)(C)NC(=O)COC(=O)c1ccc([N+](=O)[O-])c(C)c1. The maximum Gasteiger partial charge on any atom is 0.338 e. The monoisotopic (exact) mass is 308 g/mol. The molecule has 1 rings (SSSR count). The summed E-state index contributed by atoms with van der Waals surface area (Å²) in [5.74, 6) is -1.08.